The summed E-state index contributed by atoms with van der Waals surface area (Å²) in [5.41, 5.74) is 1.90. The third-order valence-corrected chi connectivity index (χ3v) is 3.11. The molecule has 0 aliphatic heterocycles. The normalized spacial score (nSPS) is 12.2. The van der Waals surface area contributed by atoms with Crippen molar-refractivity contribution in [2.24, 2.45) is 0 Å². The monoisotopic (exact) mass is 296 g/mol. The predicted octanol–water partition coefficient (Wildman–Crippen LogP) is 2.76. The Hall–Kier alpha value is -1.17. The van der Waals surface area contributed by atoms with Crippen LogP contribution in [0.3, 0.4) is 0 Å². The summed E-state index contributed by atoms with van der Waals surface area (Å²) < 4.78 is 7.75. The number of hydrogen-bond donors (Lipinski definition) is 1. The van der Waals surface area contributed by atoms with Gasteiger partial charge in [0.05, 0.1) is 12.3 Å². The van der Waals surface area contributed by atoms with Crippen molar-refractivity contribution in [2.45, 2.75) is 39.8 Å². The lowest BCUT2D eigenvalue weighted by molar-refractivity contribution is -0.0132. The fraction of sp³-hybridized carbons (Fsp3) is 0.571. The quantitative estimate of drug-likeness (QED) is 0.524. The van der Waals surface area contributed by atoms with Crippen molar-refractivity contribution in [3.05, 3.63) is 23.2 Å². The largest absolute Gasteiger partial charge is 0.361 e. The molecule has 110 valence electrons. The topological polar surface area (TPSA) is 52.0 Å². The minimum atomic E-state index is -0.121. The van der Waals surface area contributed by atoms with E-state index in [1.165, 1.54) is 0 Å². The van der Waals surface area contributed by atoms with Gasteiger partial charge in [0.1, 0.15) is 5.65 Å². The summed E-state index contributed by atoms with van der Waals surface area (Å²) in [6, 6.07) is 2.07. The fourth-order valence-electron chi connectivity index (χ4n) is 1.96. The van der Waals surface area contributed by atoms with E-state index in [9.17, 15) is 0 Å². The smallest absolute Gasteiger partial charge is 0.224 e. The van der Waals surface area contributed by atoms with Crippen LogP contribution in [0.4, 0.5) is 0 Å². The molecular formula is C14H21ClN4O. The number of rotatable bonds is 5. The average molecular weight is 297 g/mol. The zero-order chi connectivity index (χ0) is 14.8. The first-order valence-corrected chi connectivity index (χ1v) is 7.08. The van der Waals surface area contributed by atoms with Gasteiger partial charge in [-0.3, -0.25) is 5.32 Å². The number of nitrogens with one attached hydrogen (secondary N) is 1. The molecular weight excluding hydrogens is 276 g/mol. The zero-order valence-electron chi connectivity index (χ0n) is 12.4. The second-order valence-electron chi connectivity index (χ2n) is 5.76. The van der Waals surface area contributed by atoms with Crippen molar-refractivity contribution in [2.75, 3.05) is 13.3 Å². The van der Waals surface area contributed by atoms with E-state index in [0.717, 1.165) is 29.8 Å². The van der Waals surface area contributed by atoms with E-state index in [0.29, 0.717) is 6.73 Å². The van der Waals surface area contributed by atoms with Crippen molar-refractivity contribution in [1.82, 2.24) is 19.9 Å². The highest BCUT2D eigenvalue weighted by atomic mass is 35.5. The Morgan fingerprint density at radius 1 is 1.40 bits per heavy atom. The molecule has 2 heterocycles. The lowest BCUT2D eigenvalue weighted by atomic mass is 10.2. The Labute approximate surface area is 124 Å². The molecule has 2 aromatic heterocycles. The molecule has 6 heteroatoms. The van der Waals surface area contributed by atoms with Crippen LogP contribution in [0.2, 0.25) is 5.28 Å². The average Bonchev–Trinajstić information content (AvgIpc) is 2.64. The van der Waals surface area contributed by atoms with Crippen LogP contribution in [-0.4, -0.2) is 33.4 Å². The number of nitrogens with zero attached hydrogens (tertiary/aromatic N) is 3. The Morgan fingerprint density at radius 2 is 2.15 bits per heavy atom. The third-order valence-electron chi connectivity index (χ3n) is 2.93. The summed E-state index contributed by atoms with van der Waals surface area (Å²) in [5, 5.41) is 4.56. The minimum absolute atomic E-state index is 0.121. The highest BCUT2D eigenvalue weighted by Crippen LogP contribution is 2.17. The molecule has 2 aromatic rings. The van der Waals surface area contributed by atoms with Crippen molar-refractivity contribution < 1.29 is 4.74 Å². The molecule has 5 nitrogen and oxygen atoms in total. The Bertz CT molecular complexity index is 589. The molecule has 0 saturated carbocycles. The van der Waals surface area contributed by atoms with Crippen LogP contribution in [0.15, 0.2) is 12.3 Å². The van der Waals surface area contributed by atoms with Gasteiger partial charge in [0, 0.05) is 30.4 Å². The van der Waals surface area contributed by atoms with Crippen LogP contribution in [0.5, 0.6) is 0 Å². The van der Waals surface area contributed by atoms with Gasteiger partial charge in [0.25, 0.3) is 0 Å². The van der Waals surface area contributed by atoms with Gasteiger partial charge < -0.3 is 9.30 Å². The molecule has 0 fully saturated rings. The standard InChI is InChI=1S/C14H21ClN4O/c1-10-7-11-8-17-13(15)18-12(11)19(10)6-5-16-9-20-14(2,3)4/h7-8,16H,5-6,9H2,1-4H3. The van der Waals surface area contributed by atoms with Crippen LogP contribution < -0.4 is 5.32 Å². The van der Waals surface area contributed by atoms with Gasteiger partial charge >= 0.3 is 0 Å². The number of hydrogen-bond acceptors (Lipinski definition) is 4. The number of ether oxygens (including phenoxy) is 1. The van der Waals surface area contributed by atoms with Gasteiger partial charge in [-0.05, 0) is 45.4 Å². The van der Waals surface area contributed by atoms with Gasteiger partial charge in [-0.1, -0.05) is 0 Å². The van der Waals surface area contributed by atoms with E-state index in [-0.39, 0.29) is 10.9 Å². The Morgan fingerprint density at radius 3 is 2.85 bits per heavy atom. The first-order chi connectivity index (χ1) is 9.37. The summed E-state index contributed by atoms with van der Waals surface area (Å²) in [5.74, 6) is 0. The molecule has 0 aromatic carbocycles. The minimum Gasteiger partial charge on any atom is -0.361 e. The van der Waals surface area contributed by atoms with Gasteiger partial charge in [0.15, 0.2) is 0 Å². The second-order valence-corrected chi connectivity index (χ2v) is 6.09. The van der Waals surface area contributed by atoms with Crippen LogP contribution in [0.25, 0.3) is 11.0 Å². The van der Waals surface area contributed by atoms with E-state index in [1.54, 1.807) is 6.20 Å². The van der Waals surface area contributed by atoms with E-state index < -0.39 is 0 Å². The molecule has 0 bridgehead atoms. The lowest BCUT2D eigenvalue weighted by Gasteiger charge is -2.20. The maximum absolute atomic E-state index is 5.86. The molecule has 0 unspecified atom stereocenters. The van der Waals surface area contributed by atoms with Crippen LogP contribution in [0.1, 0.15) is 26.5 Å². The lowest BCUT2D eigenvalue weighted by Crippen LogP contribution is -2.29. The maximum Gasteiger partial charge on any atom is 0.224 e. The van der Waals surface area contributed by atoms with Gasteiger partial charge in [-0.15, -0.1) is 0 Å². The molecule has 2 rings (SSSR count). The Balaban J connectivity index is 1.96. The van der Waals surface area contributed by atoms with Gasteiger partial charge in [-0.2, -0.15) is 4.98 Å². The molecule has 0 radical (unpaired) electrons. The number of fused-ring (bicyclic) bond motifs is 1. The van der Waals surface area contributed by atoms with Crippen LogP contribution >= 0.6 is 11.6 Å². The molecule has 0 amide bonds. The van der Waals surface area contributed by atoms with Gasteiger partial charge in [-0.25, -0.2) is 4.98 Å². The number of aryl methyl sites for hydroxylation is 1. The summed E-state index contributed by atoms with van der Waals surface area (Å²) >= 11 is 5.86. The SMILES string of the molecule is Cc1cc2cnc(Cl)nc2n1CCNCOC(C)(C)C. The van der Waals surface area contributed by atoms with E-state index in [1.807, 2.05) is 20.8 Å². The zero-order valence-corrected chi connectivity index (χ0v) is 13.2. The molecule has 20 heavy (non-hydrogen) atoms. The van der Waals surface area contributed by atoms with E-state index in [2.05, 4.69) is 32.8 Å². The van der Waals surface area contributed by atoms with Crippen molar-refractivity contribution in [3.63, 3.8) is 0 Å². The first-order valence-electron chi connectivity index (χ1n) is 6.70. The van der Waals surface area contributed by atoms with E-state index in [4.69, 9.17) is 16.3 Å². The molecule has 1 N–H and O–H groups in total. The first kappa shape index (κ1) is 15.2. The predicted molar refractivity (Wildman–Crippen MR) is 81.0 cm³/mol. The molecule has 0 atom stereocenters. The molecule has 0 saturated heterocycles. The summed E-state index contributed by atoms with van der Waals surface area (Å²) in [6.07, 6.45) is 1.75. The maximum atomic E-state index is 5.86. The highest BCUT2D eigenvalue weighted by molar-refractivity contribution is 6.28. The fourth-order valence-corrected chi connectivity index (χ4v) is 2.09. The highest BCUT2D eigenvalue weighted by Gasteiger charge is 2.10. The molecule has 0 spiro atoms. The number of aromatic nitrogens is 3. The van der Waals surface area contributed by atoms with Crippen LogP contribution in [0, 0.1) is 6.92 Å². The van der Waals surface area contributed by atoms with Crippen molar-refractivity contribution in [3.8, 4) is 0 Å². The molecule has 0 aliphatic carbocycles. The van der Waals surface area contributed by atoms with E-state index >= 15 is 0 Å². The third kappa shape index (κ3) is 3.91. The van der Waals surface area contributed by atoms with Crippen molar-refractivity contribution >= 4 is 22.6 Å². The Kier molecular flexibility index (Phi) is 4.62. The van der Waals surface area contributed by atoms with Crippen LogP contribution in [-0.2, 0) is 11.3 Å². The second kappa shape index (κ2) is 6.08. The summed E-state index contributed by atoms with van der Waals surface area (Å²) in [4.78, 5) is 8.30. The van der Waals surface area contributed by atoms with Gasteiger partial charge in [0.2, 0.25) is 5.28 Å². The summed E-state index contributed by atoms with van der Waals surface area (Å²) in [6.45, 7) is 10.3. The molecule has 0 aliphatic rings. The number of halogens is 1. The summed E-state index contributed by atoms with van der Waals surface area (Å²) in [7, 11) is 0. The van der Waals surface area contributed by atoms with Crippen molar-refractivity contribution in [1.29, 1.82) is 0 Å².